The third-order valence-corrected chi connectivity index (χ3v) is 3.79. The van der Waals surface area contributed by atoms with Crippen molar-refractivity contribution < 1.29 is 4.74 Å². The minimum atomic E-state index is 0.357. The maximum absolute atomic E-state index is 6.02. The fourth-order valence-electron chi connectivity index (χ4n) is 2.63. The van der Waals surface area contributed by atoms with E-state index in [-0.39, 0.29) is 0 Å². The highest BCUT2D eigenvalue weighted by Gasteiger charge is 2.35. The molecule has 14 heavy (non-hydrogen) atoms. The molecule has 2 saturated heterocycles. The van der Waals surface area contributed by atoms with Crippen LogP contribution in [0.5, 0.6) is 0 Å². The zero-order valence-electron chi connectivity index (χ0n) is 9.17. The molecule has 0 aromatic carbocycles. The molecule has 0 aliphatic carbocycles. The maximum Gasteiger partial charge on any atom is 0.0483 e. The zero-order chi connectivity index (χ0) is 10.0. The summed E-state index contributed by atoms with van der Waals surface area (Å²) in [5.74, 6) is 0. The Morgan fingerprint density at radius 3 is 2.71 bits per heavy atom. The predicted molar refractivity (Wildman–Crippen MR) is 57.2 cm³/mol. The van der Waals surface area contributed by atoms with E-state index in [1.165, 1.54) is 32.2 Å². The third-order valence-electron chi connectivity index (χ3n) is 3.79. The normalized spacial score (nSPS) is 34.3. The summed E-state index contributed by atoms with van der Waals surface area (Å²) < 4.78 is 5.42. The summed E-state index contributed by atoms with van der Waals surface area (Å²) in [5, 5.41) is 0. The van der Waals surface area contributed by atoms with Crippen LogP contribution in [-0.4, -0.2) is 42.8 Å². The molecule has 0 aromatic heterocycles. The van der Waals surface area contributed by atoms with Gasteiger partial charge in [-0.2, -0.15) is 0 Å². The second-order valence-electron chi connectivity index (χ2n) is 4.96. The van der Waals surface area contributed by atoms with Crippen LogP contribution in [0.2, 0.25) is 0 Å². The van der Waals surface area contributed by atoms with Crippen molar-refractivity contribution in [2.45, 2.75) is 44.2 Å². The Bertz CT molecular complexity index is 190. The molecule has 2 fully saturated rings. The molecule has 1 unspecified atom stereocenters. The van der Waals surface area contributed by atoms with Crippen LogP contribution in [0.15, 0.2) is 0 Å². The Kier molecular flexibility index (Phi) is 3.10. The van der Waals surface area contributed by atoms with Gasteiger partial charge in [-0.3, -0.25) is 4.90 Å². The first-order chi connectivity index (χ1) is 6.71. The molecule has 2 aliphatic heterocycles. The van der Waals surface area contributed by atoms with Crippen LogP contribution in [0.1, 0.15) is 32.6 Å². The molecule has 0 amide bonds. The van der Waals surface area contributed by atoms with Gasteiger partial charge >= 0.3 is 0 Å². The van der Waals surface area contributed by atoms with Crippen molar-refractivity contribution in [3.63, 3.8) is 0 Å². The van der Waals surface area contributed by atoms with Gasteiger partial charge in [0, 0.05) is 31.3 Å². The number of hydrogen-bond donors (Lipinski definition) is 1. The van der Waals surface area contributed by atoms with Crippen molar-refractivity contribution in [1.29, 1.82) is 0 Å². The lowest BCUT2D eigenvalue weighted by Crippen LogP contribution is -2.56. The highest BCUT2D eigenvalue weighted by molar-refractivity contribution is 4.91. The molecule has 2 heterocycles. The quantitative estimate of drug-likeness (QED) is 0.682. The lowest BCUT2D eigenvalue weighted by Gasteiger charge is -2.47. The number of rotatable bonds is 1. The number of likely N-dealkylation sites (tertiary alicyclic amines) is 1. The van der Waals surface area contributed by atoms with Gasteiger partial charge in [-0.15, -0.1) is 0 Å². The van der Waals surface area contributed by atoms with Crippen molar-refractivity contribution in [1.82, 2.24) is 4.90 Å². The second-order valence-corrected chi connectivity index (χ2v) is 4.96. The first kappa shape index (κ1) is 10.4. The first-order valence-corrected chi connectivity index (χ1v) is 5.79. The van der Waals surface area contributed by atoms with E-state index in [0.717, 1.165) is 19.8 Å². The largest absolute Gasteiger partial charge is 0.381 e. The van der Waals surface area contributed by atoms with Crippen molar-refractivity contribution in [3.8, 4) is 0 Å². The molecule has 3 heteroatoms. The van der Waals surface area contributed by atoms with Crippen molar-refractivity contribution in [2.75, 3.05) is 26.3 Å². The SMILES string of the molecule is CC1(N2CCCC(N)C2)CCOCC1. The van der Waals surface area contributed by atoms with Crippen LogP contribution in [0, 0.1) is 0 Å². The predicted octanol–water partition coefficient (Wildman–Crippen LogP) is 0.979. The van der Waals surface area contributed by atoms with Gasteiger partial charge in [0.15, 0.2) is 0 Å². The standard InChI is InChI=1S/C11H22N2O/c1-11(4-7-14-8-5-11)13-6-2-3-10(12)9-13/h10H,2-9,12H2,1H3. The molecule has 0 bridgehead atoms. The molecular weight excluding hydrogens is 176 g/mol. The first-order valence-electron chi connectivity index (χ1n) is 5.79. The minimum Gasteiger partial charge on any atom is -0.381 e. The van der Waals surface area contributed by atoms with E-state index in [9.17, 15) is 0 Å². The third kappa shape index (κ3) is 2.10. The molecule has 2 N–H and O–H groups in total. The smallest absolute Gasteiger partial charge is 0.0483 e. The highest BCUT2D eigenvalue weighted by atomic mass is 16.5. The molecule has 0 saturated carbocycles. The van der Waals surface area contributed by atoms with Gasteiger partial charge in [-0.05, 0) is 39.2 Å². The van der Waals surface area contributed by atoms with E-state index in [2.05, 4.69) is 11.8 Å². The Balaban J connectivity index is 1.97. The van der Waals surface area contributed by atoms with Crippen LogP contribution >= 0.6 is 0 Å². The Labute approximate surface area is 86.6 Å². The van der Waals surface area contributed by atoms with Crippen molar-refractivity contribution in [3.05, 3.63) is 0 Å². The van der Waals surface area contributed by atoms with E-state index in [4.69, 9.17) is 10.5 Å². The van der Waals surface area contributed by atoms with Gasteiger partial charge in [0.1, 0.15) is 0 Å². The lowest BCUT2D eigenvalue weighted by atomic mass is 9.88. The van der Waals surface area contributed by atoms with Crippen LogP contribution in [0.4, 0.5) is 0 Å². The van der Waals surface area contributed by atoms with Crippen molar-refractivity contribution in [2.24, 2.45) is 5.73 Å². The zero-order valence-corrected chi connectivity index (χ0v) is 9.17. The number of nitrogens with two attached hydrogens (primary N) is 1. The number of ether oxygens (including phenoxy) is 1. The van der Waals surface area contributed by atoms with Gasteiger partial charge < -0.3 is 10.5 Å². The molecule has 2 aliphatic rings. The van der Waals surface area contributed by atoms with Gasteiger partial charge in [0.05, 0.1) is 0 Å². The summed E-state index contributed by atoms with van der Waals surface area (Å²) in [6.45, 7) is 6.51. The molecule has 0 spiro atoms. The summed E-state index contributed by atoms with van der Waals surface area (Å²) in [7, 11) is 0. The van der Waals surface area contributed by atoms with Gasteiger partial charge in [0.25, 0.3) is 0 Å². The average Bonchev–Trinajstić information content (AvgIpc) is 2.19. The molecule has 2 rings (SSSR count). The maximum atomic E-state index is 6.02. The van der Waals surface area contributed by atoms with Gasteiger partial charge in [-0.1, -0.05) is 0 Å². The van der Waals surface area contributed by atoms with Crippen LogP contribution in [-0.2, 0) is 4.74 Å². The molecule has 0 aromatic rings. The van der Waals surface area contributed by atoms with Crippen LogP contribution < -0.4 is 5.73 Å². The highest BCUT2D eigenvalue weighted by Crippen LogP contribution is 2.29. The number of hydrogen-bond acceptors (Lipinski definition) is 3. The van der Waals surface area contributed by atoms with Crippen molar-refractivity contribution >= 4 is 0 Å². The van der Waals surface area contributed by atoms with E-state index in [1.54, 1.807) is 0 Å². The molecule has 0 radical (unpaired) electrons. The van der Waals surface area contributed by atoms with E-state index in [1.807, 2.05) is 0 Å². The van der Waals surface area contributed by atoms with E-state index in [0.29, 0.717) is 11.6 Å². The minimum absolute atomic E-state index is 0.357. The summed E-state index contributed by atoms with van der Waals surface area (Å²) in [4.78, 5) is 2.59. The molecule has 3 nitrogen and oxygen atoms in total. The number of nitrogens with zero attached hydrogens (tertiary/aromatic N) is 1. The average molecular weight is 198 g/mol. The summed E-state index contributed by atoms with van der Waals surface area (Å²) in [6.07, 6.45) is 4.79. The van der Waals surface area contributed by atoms with E-state index >= 15 is 0 Å². The van der Waals surface area contributed by atoms with Crippen LogP contribution in [0.3, 0.4) is 0 Å². The lowest BCUT2D eigenvalue weighted by molar-refractivity contribution is -0.0292. The van der Waals surface area contributed by atoms with Crippen LogP contribution in [0.25, 0.3) is 0 Å². The molecule has 1 atom stereocenters. The Morgan fingerprint density at radius 2 is 2.07 bits per heavy atom. The number of piperidine rings is 1. The Morgan fingerprint density at radius 1 is 1.36 bits per heavy atom. The summed E-state index contributed by atoms with van der Waals surface area (Å²) in [5.41, 5.74) is 6.38. The van der Waals surface area contributed by atoms with Gasteiger partial charge in [0.2, 0.25) is 0 Å². The van der Waals surface area contributed by atoms with Gasteiger partial charge in [-0.25, -0.2) is 0 Å². The molecule has 82 valence electrons. The monoisotopic (exact) mass is 198 g/mol. The Hall–Kier alpha value is -0.120. The summed E-state index contributed by atoms with van der Waals surface area (Å²) in [6, 6.07) is 0.392. The topological polar surface area (TPSA) is 38.5 Å². The second kappa shape index (κ2) is 4.17. The molecular formula is C11H22N2O. The fourth-order valence-corrected chi connectivity index (χ4v) is 2.63. The van der Waals surface area contributed by atoms with E-state index < -0.39 is 0 Å². The fraction of sp³-hybridized carbons (Fsp3) is 1.00. The summed E-state index contributed by atoms with van der Waals surface area (Å²) >= 11 is 0.